The number of anilines is 1. The Morgan fingerprint density at radius 2 is 2.04 bits per heavy atom. The number of hydrogen-bond acceptors (Lipinski definition) is 5. The number of aliphatic hydroxyl groups is 1. The molecule has 0 radical (unpaired) electrons. The standard InChI is InChI=1S/C22H27FN2O3/c1-16(24-20-4-2-3-17(12-20)5-8-26)21-13-18(11-19(15-27)22(21)23)14-25-6-9-28-10-7-25/h2-4,11-13,15-16,24,26H,5-10,14H2,1H3. The van der Waals surface area contributed by atoms with E-state index in [4.69, 9.17) is 9.84 Å². The summed E-state index contributed by atoms with van der Waals surface area (Å²) >= 11 is 0. The number of aliphatic hydroxyl groups excluding tert-OH is 1. The summed E-state index contributed by atoms with van der Waals surface area (Å²) in [6.45, 7) is 5.66. The van der Waals surface area contributed by atoms with Gasteiger partial charge in [-0.1, -0.05) is 12.1 Å². The normalized spacial score (nSPS) is 16.0. The third-order valence-electron chi connectivity index (χ3n) is 5.00. The van der Waals surface area contributed by atoms with Crippen molar-refractivity contribution in [3.05, 3.63) is 64.5 Å². The van der Waals surface area contributed by atoms with Crippen LogP contribution >= 0.6 is 0 Å². The minimum atomic E-state index is -0.479. The van der Waals surface area contributed by atoms with Gasteiger partial charge in [-0.15, -0.1) is 0 Å². The van der Waals surface area contributed by atoms with Crippen LogP contribution in [-0.2, 0) is 17.7 Å². The van der Waals surface area contributed by atoms with Crippen LogP contribution in [0.4, 0.5) is 10.1 Å². The van der Waals surface area contributed by atoms with Gasteiger partial charge in [-0.25, -0.2) is 4.39 Å². The number of ether oxygens (including phenoxy) is 1. The van der Waals surface area contributed by atoms with Gasteiger partial charge >= 0.3 is 0 Å². The largest absolute Gasteiger partial charge is 0.396 e. The first-order chi connectivity index (χ1) is 13.6. The summed E-state index contributed by atoms with van der Waals surface area (Å²) in [5, 5.41) is 12.4. The first-order valence-corrected chi connectivity index (χ1v) is 9.64. The fraction of sp³-hybridized carbons (Fsp3) is 0.409. The molecule has 2 aromatic carbocycles. The van der Waals surface area contributed by atoms with E-state index in [1.165, 1.54) is 0 Å². The number of morpholine rings is 1. The molecule has 5 nitrogen and oxygen atoms in total. The number of aldehydes is 1. The maximum atomic E-state index is 14.8. The van der Waals surface area contributed by atoms with Gasteiger partial charge in [-0.05, 0) is 48.7 Å². The van der Waals surface area contributed by atoms with Gasteiger partial charge in [0, 0.05) is 37.5 Å². The van der Waals surface area contributed by atoms with E-state index in [1.54, 1.807) is 6.07 Å². The predicted molar refractivity (Wildman–Crippen MR) is 107 cm³/mol. The lowest BCUT2D eigenvalue weighted by molar-refractivity contribution is 0.0341. The molecular formula is C22H27FN2O3. The molecule has 2 N–H and O–H groups in total. The van der Waals surface area contributed by atoms with Crippen LogP contribution in [-0.4, -0.2) is 49.2 Å². The molecule has 0 amide bonds. The number of nitrogens with zero attached hydrogens (tertiary/aromatic N) is 1. The van der Waals surface area contributed by atoms with Gasteiger partial charge < -0.3 is 15.2 Å². The van der Waals surface area contributed by atoms with Gasteiger partial charge in [0.2, 0.25) is 0 Å². The molecule has 1 heterocycles. The van der Waals surface area contributed by atoms with Crippen LogP contribution in [0.2, 0.25) is 0 Å². The molecule has 1 aliphatic rings. The Bertz CT molecular complexity index is 806. The first-order valence-electron chi connectivity index (χ1n) is 9.64. The van der Waals surface area contributed by atoms with E-state index >= 15 is 0 Å². The minimum absolute atomic E-state index is 0.0832. The average molecular weight is 386 g/mol. The lowest BCUT2D eigenvalue weighted by Gasteiger charge is -2.27. The summed E-state index contributed by atoms with van der Waals surface area (Å²) in [7, 11) is 0. The second-order valence-electron chi connectivity index (χ2n) is 7.13. The number of halogens is 1. The number of nitrogens with one attached hydrogen (secondary N) is 1. The van der Waals surface area contributed by atoms with Gasteiger partial charge in [0.15, 0.2) is 6.29 Å². The fourth-order valence-electron chi connectivity index (χ4n) is 3.52. The highest BCUT2D eigenvalue weighted by Gasteiger charge is 2.18. The molecule has 0 aliphatic carbocycles. The molecule has 1 unspecified atom stereocenters. The predicted octanol–water partition coefficient (Wildman–Crippen LogP) is 3.18. The Morgan fingerprint density at radius 3 is 2.75 bits per heavy atom. The topological polar surface area (TPSA) is 61.8 Å². The van der Waals surface area contributed by atoms with Crippen molar-refractivity contribution in [2.75, 3.05) is 38.2 Å². The number of hydrogen-bond donors (Lipinski definition) is 2. The number of carbonyl (C=O) groups excluding carboxylic acids is 1. The van der Waals surface area contributed by atoms with Crippen molar-refractivity contribution in [3.63, 3.8) is 0 Å². The van der Waals surface area contributed by atoms with E-state index in [0.29, 0.717) is 38.0 Å². The third kappa shape index (κ3) is 5.16. The molecule has 1 saturated heterocycles. The van der Waals surface area contributed by atoms with Crippen molar-refractivity contribution in [3.8, 4) is 0 Å². The molecule has 0 spiro atoms. The molecule has 1 atom stereocenters. The highest BCUT2D eigenvalue weighted by Crippen LogP contribution is 2.26. The van der Waals surface area contributed by atoms with Gasteiger partial charge in [-0.2, -0.15) is 0 Å². The smallest absolute Gasteiger partial charge is 0.153 e. The maximum Gasteiger partial charge on any atom is 0.153 e. The van der Waals surface area contributed by atoms with Gasteiger partial charge in [0.05, 0.1) is 24.8 Å². The quantitative estimate of drug-likeness (QED) is 0.683. The van der Waals surface area contributed by atoms with Crippen molar-refractivity contribution < 1.29 is 19.0 Å². The average Bonchev–Trinajstić information content (AvgIpc) is 2.70. The highest BCUT2D eigenvalue weighted by atomic mass is 19.1. The Labute approximate surface area is 165 Å². The Hall–Kier alpha value is -2.28. The van der Waals surface area contributed by atoms with Crippen LogP contribution in [0.25, 0.3) is 0 Å². The minimum Gasteiger partial charge on any atom is -0.396 e. The molecule has 0 saturated carbocycles. The van der Waals surface area contributed by atoms with E-state index < -0.39 is 5.82 Å². The van der Waals surface area contributed by atoms with E-state index in [1.807, 2.05) is 37.3 Å². The fourth-order valence-corrected chi connectivity index (χ4v) is 3.52. The van der Waals surface area contributed by atoms with Crippen molar-refractivity contribution in [2.45, 2.75) is 25.9 Å². The van der Waals surface area contributed by atoms with Crippen LogP contribution in [0.5, 0.6) is 0 Å². The second-order valence-corrected chi connectivity index (χ2v) is 7.13. The molecular weight excluding hydrogens is 359 g/mol. The highest BCUT2D eigenvalue weighted by molar-refractivity contribution is 5.76. The summed E-state index contributed by atoms with van der Waals surface area (Å²) in [4.78, 5) is 13.6. The van der Waals surface area contributed by atoms with E-state index in [2.05, 4.69) is 10.2 Å². The van der Waals surface area contributed by atoms with Crippen LogP contribution in [0, 0.1) is 5.82 Å². The molecule has 1 aliphatic heterocycles. The van der Waals surface area contributed by atoms with E-state index in [0.717, 1.165) is 29.9 Å². The van der Waals surface area contributed by atoms with E-state index in [-0.39, 0.29) is 18.2 Å². The summed E-state index contributed by atoms with van der Waals surface area (Å²) in [6.07, 6.45) is 1.15. The summed E-state index contributed by atoms with van der Waals surface area (Å²) in [6, 6.07) is 10.9. The van der Waals surface area contributed by atoms with Crippen LogP contribution in [0.15, 0.2) is 36.4 Å². The van der Waals surface area contributed by atoms with Crippen LogP contribution in [0.3, 0.4) is 0 Å². The number of rotatable bonds is 8. The van der Waals surface area contributed by atoms with Crippen LogP contribution in [0.1, 0.15) is 40.0 Å². The molecule has 3 rings (SSSR count). The number of benzene rings is 2. The monoisotopic (exact) mass is 386 g/mol. The molecule has 1 fully saturated rings. The van der Waals surface area contributed by atoms with E-state index in [9.17, 15) is 9.18 Å². The molecule has 0 aromatic heterocycles. The van der Waals surface area contributed by atoms with Crippen molar-refractivity contribution in [2.24, 2.45) is 0 Å². The van der Waals surface area contributed by atoms with Crippen molar-refractivity contribution in [1.82, 2.24) is 4.90 Å². The summed E-state index contributed by atoms with van der Waals surface area (Å²) < 4.78 is 20.2. The van der Waals surface area contributed by atoms with Gasteiger partial charge in [-0.3, -0.25) is 9.69 Å². The summed E-state index contributed by atoms with van der Waals surface area (Å²) in [5.41, 5.74) is 3.34. The first kappa shape index (κ1) is 20.5. The van der Waals surface area contributed by atoms with Crippen molar-refractivity contribution in [1.29, 1.82) is 0 Å². The lowest BCUT2D eigenvalue weighted by atomic mass is 9.99. The maximum absolute atomic E-state index is 14.8. The Morgan fingerprint density at radius 1 is 1.25 bits per heavy atom. The lowest BCUT2D eigenvalue weighted by Crippen LogP contribution is -2.35. The Kier molecular flexibility index (Phi) is 7.14. The molecule has 0 bridgehead atoms. The third-order valence-corrected chi connectivity index (χ3v) is 5.00. The van der Waals surface area contributed by atoms with Gasteiger partial charge in [0.1, 0.15) is 5.82 Å². The van der Waals surface area contributed by atoms with Gasteiger partial charge in [0.25, 0.3) is 0 Å². The second kappa shape index (κ2) is 9.78. The number of carbonyl (C=O) groups is 1. The molecule has 28 heavy (non-hydrogen) atoms. The SMILES string of the molecule is CC(Nc1cccc(CCO)c1)c1cc(CN2CCOCC2)cc(C=O)c1F. The molecule has 150 valence electrons. The zero-order chi connectivity index (χ0) is 19.9. The molecule has 2 aromatic rings. The zero-order valence-corrected chi connectivity index (χ0v) is 16.2. The van der Waals surface area contributed by atoms with Crippen LogP contribution < -0.4 is 5.32 Å². The molecule has 6 heteroatoms. The summed E-state index contributed by atoms with van der Waals surface area (Å²) in [5.74, 6) is -0.479. The van der Waals surface area contributed by atoms with Crippen molar-refractivity contribution >= 4 is 12.0 Å². The zero-order valence-electron chi connectivity index (χ0n) is 16.2. The Balaban J connectivity index is 1.81.